The highest BCUT2D eigenvalue weighted by molar-refractivity contribution is 6.31. The van der Waals surface area contributed by atoms with Gasteiger partial charge in [-0.1, -0.05) is 29.3 Å². The number of nitrogens with one attached hydrogen (secondary N) is 1. The van der Waals surface area contributed by atoms with Gasteiger partial charge in [0.05, 0.1) is 22.0 Å². The van der Waals surface area contributed by atoms with Crippen LogP contribution >= 0.6 is 23.2 Å². The fourth-order valence-corrected chi connectivity index (χ4v) is 4.86. The average molecular weight is 464 g/mol. The molecule has 1 aliphatic carbocycles. The minimum absolute atomic E-state index is 0.0459. The predicted molar refractivity (Wildman–Crippen MR) is 119 cm³/mol. The molecular weight excluding hydrogens is 440 g/mol. The van der Waals surface area contributed by atoms with Gasteiger partial charge in [-0.3, -0.25) is 14.6 Å². The fourth-order valence-electron chi connectivity index (χ4n) is 4.53. The molecule has 0 bridgehead atoms. The third-order valence-electron chi connectivity index (χ3n) is 6.32. The maximum absolute atomic E-state index is 15.1. The summed E-state index contributed by atoms with van der Waals surface area (Å²) < 4.78 is 15.1. The van der Waals surface area contributed by atoms with Gasteiger partial charge in [0.25, 0.3) is 11.8 Å². The van der Waals surface area contributed by atoms with Crippen molar-refractivity contribution in [3.05, 3.63) is 57.3 Å². The van der Waals surface area contributed by atoms with Gasteiger partial charge in [-0.2, -0.15) is 0 Å². The number of halogens is 3. The molecule has 0 radical (unpaired) electrons. The first kappa shape index (κ1) is 22.0. The third kappa shape index (κ3) is 4.28. The Morgan fingerprint density at radius 2 is 1.94 bits per heavy atom. The number of nitrogens with zero attached hydrogens (tertiary/aromatic N) is 2. The molecule has 0 spiro atoms. The third-order valence-corrected chi connectivity index (χ3v) is 6.77. The summed E-state index contributed by atoms with van der Waals surface area (Å²) in [5, 5.41) is 3.97. The van der Waals surface area contributed by atoms with Crippen molar-refractivity contribution in [2.75, 3.05) is 11.4 Å². The summed E-state index contributed by atoms with van der Waals surface area (Å²) in [6, 6.07) is 6.53. The molecule has 31 heavy (non-hydrogen) atoms. The zero-order valence-corrected chi connectivity index (χ0v) is 18.9. The van der Waals surface area contributed by atoms with Crippen LogP contribution in [0.25, 0.3) is 0 Å². The Hall–Kier alpha value is -2.18. The van der Waals surface area contributed by atoms with Gasteiger partial charge in [0.1, 0.15) is 0 Å². The second-order valence-corrected chi connectivity index (χ2v) is 9.43. The summed E-state index contributed by atoms with van der Waals surface area (Å²) in [5.41, 5.74) is 0.00598. The van der Waals surface area contributed by atoms with E-state index in [1.807, 2.05) is 0 Å². The lowest BCUT2D eigenvalue weighted by atomic mass is 9.85. The lowest BCUT2D eigenvalue weighted by Gasteiger charge is -2.32. The van der Waals surface area contributed by atoms with Crippen LogP contribution in [0.15, 0.2) is 30.5 Å². The zero-order valence-electron chi connectivity index (χ0n) is 17.4. The van der Waals surface area contributed by atoms with Gasteiger partial charge in [0, 0.05) is 29.4 Å². The van der Waals surface area contributed by atoms with Gasteiger partial charge < -0.3 is 10.2 Å². The molecular formula is C23H24Cl2FN3O2. The number of alkyl halides is 1. The van der Waals surface area contributed by atoms with Gasteiger partial charge >= 0.3 is 0 Å². The van der Waals surface area contributed by atoms with Crippen LogP contribution in [-0.4, -0.2) is 29.4 Å². The Bertz CT molecular complexity index is 1040. The molecule has 0 saturated heterocycles. The van der Waals surface area contributed by atoms with Crippen LogP contribution in [0.3, 0.4) is 0 Å². The summed E-state index contributed by atoms with van der Waals surface area (Å²) in [6.07, 6.45) is 4.77. The van der Waals surface area contributed by atoms with E-state index in [4.69, 9.17) is 23.2 Å². The number of carbonyl (C=O) groups is 2. The molecule has 1 fully saturated rings. The lowest BCUT2D eigenvalue weighted by molar-refractivity contribution is -0.128. The molecule has 2 amide bonds. The first-order valence-corrected chi connectivity index (χ1v) is 11.2. The molecule has 8 heteroatoms. The van der Waals surface area contributed by atoms with Crippen molar-refractivity contribution < 1.29 is 14.0 Å². The number of benzene rings is 1. The minimum Gasteiger partial charge on any atom is -0.349 e. The number of hydrogen-bond acceptors (Lipinski definition) is 3. The highest BCUT2D eigenvalue weighted by Gasteiger charge is 2.48. The van der Waals surface area contributed by atoms with Gasteiger partial charge in [-0.05, 0) is 63.6 Å². The van der Waals surface area contributed by atoms with Crippen molar-refractivity contribution in [3.8, 4) is 0 Å². The number of aromatic nitrogens is 1. The van der Waals surface area contributed by atoms with Crippen LogP contribution in [0, 0.1) is 12.8 Å². The van der Waals surface area contributed by atoms with Crippen molar-refractivity contribution in [1.29, 1.82) is 0 Å². The van der Waals surface area contributed by atoms with Crippen molar-refractivity contribution in [2.45, 2.75) is 51.2 Å². The van der Waals surface area contributed by atoms with E-state index in [-0.39, 0.29) is 17.9 Å². The fraction of sp³-hybridized carbons (Fsp3) is 0.435. The molecule has 1 N–H and O–H groups in total. The minimum atomic E-state index is -2.03. The molecule has 5 nitrogen and oxygen atoms in total. The van der Waals surface area contributed by atoms with Gasteiger partial charge in [0.2, 0.25) is 5.67 Å². The highest BCUT2D eigenvalue weighted by atomic mass is 35.5. The second kappa shape index (κ2) is 8.40. The smallest absolute Gasteiger partial charge is 0.269 e. The van der Waals surface area contributed by atoms with Crippen molar-refractivity contribution >= 4 is 40.7 Å². The normalized spacial score (nSPS) is 25.5. The zero-order chi connectivity index (χ0) is 22.3. The summed E-state index contributed by atoms with van der Waals surface area (Å²) in [7, 11) is 0. The van der Waals surface area contributed by atoms with E-state index in [1.165, 1.54) is 18.0 Å². The predicted octanol–water partition coefficient (Wildman–Crippen LogP) is 5.22. The Kier molecular flexibility index (Phi) is 5.97. The van der Waals surface area contributed by atoms with Crippen molar-refractivity contribution in [3.63, 3.8) is 0 Å². The molecule has 1 atom stereocenters. The molecule has 2 aliphatic rings. The van der Waals surface area contributed by atoms with Gasteiger partial charge in [-0.25, -0.2) is 4.39 Å². The first-order chi connectivity index (χ1) is 14.7. The number of anilines is 1. The number of carbonyl (C=O) groups excluding carboxylic acids is 2. The average Bonchev–Trinajstić information content (AvgIpc) is 2.91. The molecule has 1 aromatic carbocycles. The summed E-state index contributed by atoms with van der Waals surface area (Å²) in [5.74, 6) is -0.487. The van der Waals surface area contributed by atoms with E-state index >= 15 is 4.39 Å². The number of rotatable bonds is 4. The van der Waals surface area contributed by atoms with Crippen LogP contribution in [0.4, 0.5) is 10.1 Å². The Balaban J connectivity index is 1.38. The van der Waals surface area contributed by atoms with E-state index in [0.717, 1.165) is 25.7 Å². The topological polar surface area (TPSA) is 62.3 Å². The van der Waals surface area contributed by atoms with Gasteiger partial charge in [-0.15, -0.1) is 0 Å². The molecule has 2 heterocycles. The number of hydrogen-bond donors (Lipinski definition) is 1. The first-order valence-electron chi connectivity index (χ1n) is 10.4. The van der Waals surface area contributed by atoms with Crippen LogP contribution in [0.1, 0.15) is 54.2 Å². The van der Waals surface area contributed by atoms with E-state index in [2.05, 4.69) is 10.3 Å². The molecule has 2 aromatic rings. The number of amides is 2. The maximum Gasteiger partial charge on any atom is 0.269 e. The van der Waals surface area contributed by atoms with Crippen molar-refractivity contribution in [2.24, 2.45) is 5.92 Å². The monoisotopic (exact) mass is 463 g/mol. The SMILES string of the molecule is Cc1ncc(Cl)cc1C(=O)N[C@H]1CC[C@H](CN2C(=O)C(C)(F)c3ccc(Cl)cc32)CC1. The van der Waals surface area contributed by atoms with Crippen LogP contribution < -0.4 is 10.2 Å². The summed E-state index contributed by atoms with van der Waals surface area (Å²) >= 11 is 12.1. The van der Waals surface area contributed by atoms with E-state index in [0.29, 0.717) is 39.1 Å². The van der Waals surface area contributed by atoms with E-state index in [9.17, 15) is 9.59 Å². The van der Waals surface area contributed by atoms with E-state index in [1.54, 1.807) is 31.2 Å². The number of fused-ring (bicyclic) bond motifs is 1. The second-order valence-electron chi connectivity index (χ2n) is 8.56. The number of aryl methyl sites for hydroxylation is 1. The summed E-state index contributed by atoms with van der Waals surface area (Å²) in [6.45, 7) is 3.53. The molecule has 1 aliphatic heterocycles. The lowest BCUT2D eigenvalue weighted by Crippen LogP contribution is -2.42. The van der Waals surface area contributed by atoms with Crippen LogP contribution in [-0.2, 0) is 10.5 Å². The Morgan fingerprint density at radius 1 is 1.23 bits per heavy atom. The highest BCUT2D eigenvalue weighted by Crippen LogP contribution is 2.44. The summed E-state index contributed by atoms with van der Waals surface area (Å²) in [4.78, 5) is 31.0. The Labute approximate surface area is 190 Å². The van der Waals surface area contributed by atoms with Gasteiger partial charge in [0.15, 0.2) is 0 Å². The molecule has 1 saturated carbocycles. The maximum atomic E-state index is 15.1. The van der Waals surface area contributed by atoms with E-state index < -0.39 is 11.6 Å². The van der Waals surface area contributed by atoms with Crippen LogP contribution in [0.2, 0.25) is 10.0 Å². The number of pyridine rings is 1. The Morgan fingerprint density at radius 3 is 2.65 bits per heavy atom. The molecule has 1 aromatic heterocycles. The van der Waals surface area contributed by atoms with Crippen LogP contribution in [0.5, 0.6) is 0 Å². The quantitative estimate of drug-likeness (QED) is 0.675. The molecule has 1 unspecified atom stereocenters. The molecule has 164 valence electrons. The van der Waals surface area contributed by atoms with Crippen molar-refractivity contribution in [1.82, 2.24) is 10.3 Å². The largest absolute Gasteiger partial charge is 0.349 e. The standard InChI is InChI=1S/C23H24Cl2FN3O2/c1-13-18(9-16(25)11-27-13)21(30)28-17-6-3-14(4-7-17)12-29-20-10-15(24)5-8-19(20)23(2,26)22(29)31/h5,8-11,14,17H,3-4,6-7,12H2,1-2H3,(H,28,30)/t14-,17-,23?. The molecule has 4 rings (SSSR count).